The van der Waals surface area contributed by atoms with Crippen molar-refractivity contribution < 1.29 is 9.90 Å². The van der Waals surface area contributed by atoms with Gasteiger partial charge in [-0.25, -0.2) is 0 Å². The van der Waals surface area contributed by atoms with Crippen LogP contribution in [0.1, 0.15) is 19.0 Å². The predicted molar refractivity (Wildman–Crippen MR) is 62.0 cm³/mol. The summed E-state index contributed by atoms with van der Waals surface area (Å²) < 4.78 is 0. The first kappa shape index (κ1) is 12.6. The lowest BCUT2D eigenvalue weighted by atomic mass is 10.1. The van der Waals surface area contributed by atoms with Crippen LogP contribution in [0.15, 0.2) is 24.4 Å². The maximum Gasteiger partial charge on any atom is 0.307 e. The Bertz CT molecular complexity index is 327. The van der Waals surface area contributed by atoms with E-state index in [1.807, 2.05) is 37.1 Å². The highest BCUT2D eigenvalue weighted by atomic mass is 16.4. The average Bonchev–Trinajstić information content (AvgIpc) is 2.27. The summed E-state index contributed by atoms with van der Waals surface area (Å²) in [6.07, 6.45) is 2.40. The first-order valence-electron chi connectivity index (χ1n) is 5.44. The van der Waals surface area contributed by atoms with E-state index in [0.717, 1.165) is 5.69 Å². The Morgan fingerprint density at radius 2 is 2.31 bits per heavy atom. The number of nitrogens with zero attached hydrogens (tertiary/aromatic N) is 2. The first-order chi connectivity index (χ1) is 7.63. The van der Waals surface area contributed by atoms with E-state index in [1.165, 1.54) is 0 Å². The van der Waals surface area contributed by atoms with Crippen LogP contribution in [0.4, 0.5) is 0 Å². The molecule has 0 bridgehead atoms. The molecule has 0 aliphatic heterocycles. The van der Waals surface area contributed by atoms with Crippen LogP contribution in [0.25, 0.3) is 0 Å². The molecule has 0 amide bonds. The number of aromatic nitrogens is 1. The minimum Gasteiger partial charge on any atom is -0.481 e. The van der Waals surface area contributed by atoms with Crippen molar-refractivity contribution in [3.8, 4) is 0 Å². The van der Waals surface area contributed by atoms with E-state index in [1.54, 1.807) is 6.20 Å². The van der Waals surface area contributed by atoms with Crippen molar-refractivity contribution in [3.05, 3.63) is 30.1 Å². The minimum atomic E-state index is -0.727. The van der Waals surface area contributed by atoms with E-state index < -0.39 is 5.97 Å². The quantitative estimate of drug-likeness (QED) is 0.794. The molecular weight excluding hydrogens is 204 g/mol. The number of pyridine rings is 1. The predicted octanol–water partition coefficient (Wildman–Crippen LogP) is 1.62. The number of aliphatic carboxylic acids is 1. The second-order valence-electron chi connectivity index (χ2n) is 3.96. The Labute approximate surface area is 95.9 Å². The third kappa shape index (κ3) is 3.98. The lowest BCUT2D eigenvalue weighted by Crippen LogP contribution is -2.29. The van der Waals surface area contributed by atoms with Gasteiger partial charge in [-0.1, -0.05) is 13.0 Å². The molecule has 1 unspecified atom stereocenters. The van der Waals surface area contributed by atoms with Gasteiger partial charge in [-0.15, -0.1) is 0 Å². The molecule has 0 radical (unpaired) electrons. The van der Waals surface area contributed by atoms with Crippen molar-refractivity contribution in [2.75, 3.05) is 13.6 Å². The molecule has 0 saturated carbocycles. The lowest BCUT2D eigenvalue weighted by Gasteiger charge is -2.19. The fourth-order valence-corrected chi connectivity index (χ4v) is 1.59. The monoisotopic (exact) mass is 222 g/mol. The van der Waals surface area contributed by atoms with Crippen LogP contribution in [0.3, 0.4) is 0 Å². The summed E-state index contributed by atoms with van der Waals surface area (Å²) in [4.78, 5) is 17.1. The van der Waals surface area contributed by atoms with Crippen LogP contribution in [0, 0.1) is 5.92 Å². The van der Waals surface area contributed by atoms with Gasteiger partial charge in [0.05, 0.1) is 11.6 Å². The Kier molecular flexibility index (Phi) is 4.92. The van der Waals surface area contributed by atoms with Crippen molar-refractivity contribution in [1.29, 1.82) is 0 Å². The van der Waals surface area contributed by atoms with E-state index in [2.05, 4.69) is 4.98 Å². The molecule has 1 heterocycles. The molecule has 1 rings (SSSR count). The van der Waals surface area contributed by atoms with E-state index in [-0.39, 0.29) is 5.92 Å². The van der Waals surface area contributed by atoms with E-state index >= 15 is 0 Å². The van der Waals surface area contributed by atoms with E-state index in [4.69, 9.17) is 5.11 Å². The Hall–Kier alpha value is -1.42. The van der Waals surface area contributed by atoms with Gasteiger partial charge in [-0.2, -0.15) is 0 Å². The van der Waals surface area contributed by atoms with Gasteiger partial charge in [-0.05, 0) is 25.6 Å². The topological polar surface area (TPSA) is 53.4 Å². The third-order valence-electron chi connectivity index (χ3n) is 2.53. The molecule has 1 aromatic rings. The maximum atomic E-state index is 10.9. The van der Waals surface area contributed by atoms with E-state index in [9.17, 15) is 4.79 Å². The molecular formula is C12H18N2O2. The van der Waals surface area contributed by atoms with Gasteiger partial charge in [0.1, 0.15) is 0 Å². The molecule has 88 valence electrons. The highest BCUT2D eigenvalue weighted by molar-refractivity contribution is 5.70. The summed E-state index contributed by atoms with van der Waals surface area (Å²) in [6.45, 7) is 3.14. The Morgan fingerprint density at radius 1 is 1.56 bits per heavy atom. The number of hydrogen-bond acceptors (Lipinski definition) is 3. The second kappa shape index (κ2) is 6.23. The maximum absolute atomic E-state index is 10.9. The average molecular weight is 222 g/mol. The van der Waals surface area contributed by atoms with Crippen molar-refractivity contribution in [1.82, 2.24) is 9.88 Å². The van der Waals surface area contributed by atoms with Gasteiger partial charge in [0, 0.05) is 19.3 Å². The summed E-state index contributed by atoms with van der Waals surface area (Å²) >= 11 is 0. The first-order valence-corrected chi connectivity index (χ1v) is 5.44. The minimum absolute atomic E-state index is 0.297. The molecule has 0 spiro atoms. The van der Waals surface area contributed by atoms with Gasteiger partial charge in [0.2, 0.25) is 0 Å². The number of carboxylic acids is 1. The van der Waals surface area contributed by atoms with Gasteiger partial charge in [-0.3, -0.25) is 14.7 Å². The van der Waals surface area contributed by atoms with Crippen LogP contribution in [-0.4, -0.2) is 34.6 Å². The SMILES string of the molecule is CCC(CN(C)Cc1ccccn1)C(=O)O. The van der Waals surface area contributed by atoms with Crippen LogP contribution < -0.4 is 0 Å². The molecule has 1 aromatic heterocycles. The fourth-order valence-electron chi connectivity index (χ4n) is 1.59. The molecule has 0 fully saturated rings. The zero-order valence-corrected chi connectivity index (χ0v) is 9.76. The molecule has 16 heavy (non-hydrogen) atoms. The number of hydrogen-bond donors (Lipinski definition) is 1. The summed E-state index contributed by atoms with van der Waals surface area (Å²) in [6, 6.07) is 5.75. The summed E-state index contributed by atoms with van der Waals surface area (Å²) in [5.41, 5.74) is 0.963. The van der Waals surface area contributed by atoms with Gasteiger partial charge >= 0.3 is 5.97 Å². The van der Waals surface area contributed by atoms with Gasteiger partial charge < -0.3 is 5.11 Å². The number of rotatable bonds is 6. The largest absolute Gasteiger partial charge is 0.481 e. The highest BCUT2D eigenvalue weighted by Gasteiger charge is 2.17. The second-order valence-corrected chi connectivity index (χ2v) is 3.96. The molecule has 0 saturated heterocycles. The van der Waals surface area contributed by atoms with Crippen LogP contribution >= 0.6 is 0 Å². The smallest absolute Gasteiger partial charge is 0.307 e. The highest BCUT2D eigenvalue weighted by Crippen LogP contribution is 2.07. The van der Waals surface area contributed by atoms with Crippen LogP contribution in [-0.2, 0) is 11.3 Å². The number of carboxylic acid groups (broad SMARTS) is 1. The molecule has 1 atom stereocenters. The molecule has 4 nitrogen and oxygen atoms in total. The summed E-state index contributed by atoms with van der Waals surface area (Å²) in [7, 11) is 1.92. The van der Waals surface area contributed by atoms with Gasteiger partial charge in [0.25, 0.3) is 0 Å². The normalized spacial score (nSPS) is 12.7. The van der Waals surface area contributed by atoms with Crippen molar-refractivity contribution in [3.63, 3.8) is 0 Å². The summed E-state index contributed by atoms with van der Waals surface area (Å²) in [5, 5.41) is 8.95. The molecule has 0 aromatic carbocycles. The van der Waals surface area contributed by atoms with E-state index in [0.29, 0.717) is 19.5 Å². The molecule has 4 heteroatoms. The van der Waals surface area contributed by atoms with Crippen molar-refractivity contribution >= 4 is 5.97 Å². The lowest BCUT2D eigenvalue weighted by molar-refractivity contribution is -0.142. The number of carbonyl (C=O) groups is 1. The van der Waals surface area contributed by atoms with Crippen molar-refractivity contribution in [2.24, 2.45) is 5.92 Å². The fraction of sp³-hybridized carbons (Fsp3) is 0.500. The Morgan fingerprint density at radius 3 is 2.81 bits per heavy atom. The zero-order valence-electron chi connectivity index (χ0n) is 9.76. The summed E-state index contributed by atoms with van der Waals surface area (Å²) in [5.74, 6) is -1.02. The zero-order chi connectivity index (χ0) is 12.0. The van der Waals surface area contributed by atoms with Crippen LogP contribution in [0.2, 0.25) is 0 Å². The van der Waals surface area contributed by atoms with Crippen molar-refractivity contribution in [2.45, 2.75) is 19.9 Å². The van der Waals surface area contributed by atoms with Crippen LogP contribution in [0.5, 0.6) is 0 Å². The Balaban J connectivity index is 2.47. The molecule has 0 aliphatic carbocycles. The van der Waals surface area contributed by atoms with Gasteiger partial charge in [0.15, 0.2) is 0 Å². The standard InChI is InChI=1S/C12H18N2O2/c1-3-10(12(15)16)8-14(2)9-11-6-4-5-7-13-11/h4-7,10H,3,8-9H2,1-2H3,(H,15,16). The molecule has 1 N–H and O–H groups in total. The third-order valence-corrected chi connectivity index (χ3v) is 2.53. The molecule has 0 aliphatic rings.